The second kappa shape index (κ2) is 8.26. The number of nitrogens with one attached hydrogen (secondary N) is 2. The second-order valence-corrected chi connectivity index (χ2v) is 8.14. The van der Waals surface area contributed by atoms with Crippen molar-refractivity contribution in [2.24, 2.45) is 0 Å². The zero-order chi connectivity index (χ0) is 19.5. The Hall–Kier alpha value is -1.80. The number of hydrogen-bond acceptors (Lipinski definition) is 4. The lowest BCUT2D eigenvalue weighted by atomic mass is 10.2. The normalized spacial score (nSPS) is 12.5. The van der Waals surface area contributed by atoms with E-state index in [0.29, 0.717) is 10.7 Å². The van der Waals surface area contributed by atoms with Crippen molar-refractivity contribution in [2.45, 2.75) is 24.8 Å². The number of carbonyl (C=O) groups is 1. The summed E-state index contributed by atoms with van der Waals surface area (Å²) in [7, 11) is -2.60. The molecule has 0 unspecified atom stereocenters. The highest BCUT2D eigenvalue weighted by atomic mass is 35.5. The van der Waals surface area contributed by atoms with Crippen molar-refractivity contribution in [3.63, 3.8) is 0 Å². The highest BCUT2D eigenvalue weighted by Gasteiger charge is 2.25. The third-order valence-corrected chi connectivity index (χ3v) is 5.65. The Kier molecular flexibility index (Phi) is 6.52. The fourth-order valence-corrected chi connectivity index (χ4v) is 3.97. The number of rotatable bonds is 6. The summed E-state index contributed by atoms with van der Waals surface area (Å²) in [5.41, 5.74) is 1.04. The fourth-order valence-electron chi connectivity index (χ4n) is 2.18. The number of benzene rings is 2. The number of methoxy groups -OCH3 is 1. The molecule has 140 valence electrons. The molecular formula is C17H18Cl2N2O4S. The van der Waals surface area contributed by atoms with Gasteiger partial charge in [0.15, 0.2) is 0 Å². The Morgan fingerprint density at radius 3 is 2.50 bits per heavy atom. The van der Waals surface area contributed by atoms with Gasteiger partial charge in [-0.3, -0.25) is 4.79 Å². The molecule has 0 fully saturated rings. The molecule has 9 heteroatoms. The molecule has 0 aliphatic heterocycles. The van der Waals surface area contributed by atoms with E-state index >= 15 is 0 Å². The average Bonchev–Trinajstić information content (AvgIpc) is 2.57. The summed E-state index contributed by atoms with van der Waals surface area (Å²) < 4.78 is 32.7. The third kappa shape index (κ3) is 4.88. The van der Waals surface area contributed by atoms with Crippen molar-refractivity contribution >= 4 is 44.8 Å². The van der Waals surface area contributed by atoms with Gasteiger partial charge in [-0.2, -0.15) is 4.72 Å². The van der Waals surface area contributed by atoms with Gasteiger partial charge in [0.1, 0.15) is 10.6 Å². The van der Waals surface area contributed by atoms with Gasteiger partial charge >= 0.3 is 0 Å². The molecule has 0 spiro atoms. The maximum absolute atomic E-state index is 12.6. The number of anilines is 1. The first-order chi connectivity index (χ1) is 12.1. The lowest BCUT2D eigenvalue weighted by molar-refractivity contribution is -0.117. The van der Waals surface area contributed by atoms with Gasteiger partial charge in [-0.15, -0.1) is 0 Å². The molecule has 1 atom stereocenters. The van der Waals surface area contributed by atoms with Crippen LogP contribution in [0.4, 0.5) is 5.69 Å². The molecule has 0 aliphatic carbocycles. The van der Waals surface area contributed by atoms with Gasteiger partial charge in [0, 0.05) is 5.02 Å². The molecule has 0 aromatic heterocycles. The van der Waals surface area contributed by atoms with Crippen molar-refractivity contribution in [2.75, 3.05) is 12.4 Å². The molecule has 0 saturated heterocycles. The van der Waals surface area contributed by atoms with Gasteiger partial charge in [0.25, 0.3) is 0 Å². The predicted molar refractivity (Wildman–Crippen MR) is 103 cm³/mol. The van der Waals surface area contributed by atoms with E-state index in [9.17, 15) is 13.2 Å². The van der Waals surface area contributed by atoms with E-state index in [-0.39, 0.29) is 15.7 Å². The van der Waals surface area contributed by atoms with E-state index in [1.54, 1.807) is 25.1 Å². The van der Waals surface area contributed by atoms with Gasteiger partial charge in [-0.25, -0.2) is 8.42 Å². The minimum atomic E-state index is -3.98. The number of sulfonamides is 1. The van der Waals surface area contributed by atoms with Gasteiger partial charge in [-0.1, -0.05) is 29.3 Å². The van der Waals surface area contributed by atoms with Gasteiger partial charge in [0.2, 0.25) is 15.9 Å². The van der Waals surface area contributed by atoms with Crippen molar-refractivity contribution in [3.8, 4) is 5.75 Å². The van der Waals surface area contributed by atoms with E-state index in [1.807, 2.05) is 0 Å². The summed E-state index contributed by atoms with van der Waals surface area (Å²) in [6.45, 7) is 3.18. The van der Waals surface area contributed by atoms with E-state index in [2.05, 4.69) is 10.0 Å². The minimum Gasteiger partial charge on any atom is -0.495 e. The summed E-state index contributed by atoms with van der Waals surface area (Å²) in [5.74, 6) is -0.391. The molecule has 2 aromatic carbocycles. The summed E-state index contributed by atoms with van der Waals surface area (Å²) in [6, 6.07) is 8.30. The Labute approximate surface area is 162 Å². The Morgan fingerprint density at radius 1 is 1.15 bits per heavy atom. The van der Waals surface area contributed by atoms with Crippen LogP contribution in [0, 0.1) is 6.92 Å². The van der Waals surface area contributed by atoms with E-state index in [4.69, 9.17) is 27.9 Å². The first-order valence-corrected chi connectivity index (χ1v) is 9.81. The van der Waals surface area contributed by atoms with Crippen molar-refractivity contribution in [3.05, 3.63) is 52.0 Å². The first-order valence-electron chi connectivity index (χ1n) is 7.57. The van der Waals surface area contributed by atoms with Crippen molar-refractivity contribution in [1.82, 2.24) is 4.72 Å². The quantitative estimate of drug-likeness (QED) is 0.752. The summed E-state index contributed by atoms with van der Waals surface area (Å²) >= 11 is 11.9. The third-order valence-electron chi connectivity index (χ3n) is 3.52. The minimum absolute atomic E-state index is 0.0413. The predicted octanol–water partition coefficient (Wildman–Crippen LogP) is 3.62. The van der Waals surface area contributed by atoms with E-state index in [0.717, 1.165) is 5.56 Å². The maximum atomic E-state index is 12.6. The largest absolute Gasteiger partial charge is 0.495 e. The summed E-state index contributed by atoms with van der Waals surface area (Å²) in [4.78, 5) is 12.3. The molecule has 6 nitrogen and oxygen atoms in total. The average molecular weight is 417 g/mol. The first kappa shape index (κ1) is 20.5. The molecule has 0 saturated carbocycles. The number of halogens is 2. The number of hydrogen-bond donors (Lipinski definition) is 2. The maximum Gasteiger partial charge on any atom is 0.244 e. The molecule has 0 bridgehead atoms. The number of carbonyl (C=O) groups excluding carboxylic acids is 1. The Balaban J connectivity index is 2.20. The zero-order valence-electron chi connectivity index (χ0n) is 14.3. The van der Waals surface area contributed by atoms with Crippen LogP contribution in [-0.2, 0) is 14.8 Å². The molecule has 2 aromatic rings. The molecule has 0 heterocycles. The topological polar surface area (TPSA) is 84.5 Å². The highest BCUT2D eigenvalue weighted by Crippen LogP contribution is 2.26. The van der Waals surface area contributed by atoms with Gasteiger partial charge in [0.05, 0.1) is 23.9 Å². The number of aryl methyl sites for hydroxylation is 1. The number of amides is 1. The smallest absolute Gasteiger partial charge is 0.244 e. The van der Waals surface area contributed by atoms with Gasteiger partial charge in [-0.05, 0) is 49.7 Å². The van der Waals surface area contributed by atoms with Crippen LogP contribution in [0.15, 0.2) is 41.3 Å². The summed E-state index contributed by atoms with van der Waals surface area (Å²) in [6.07, 6.45) is 0. The molecule has 26 heavy (non-hydrogen) atoms. The number of ether oxygens (including phenoxy) is 1. The van der Waals surface area contributed by atoms with Crippen molar-refractivity contribution in [1.29, 1.82) is 0 Å². The zero-order valence-corrected chi connectivity index (χ0v) is 16.7. The van der Waals surface area contributed by atoms with E-state index in [1.165, 1.54) is 32.2 Å². The van der Waals surface area contributed by atoms with Crippen molar-refractivity contribution < 1.29 is 17.9 Å². The van der Waals surface area contributed by atoms with Gasteiger partial charge < -0.3 is 10.1 Å². The second-order valence-electron chi connectivity index (χ2n) is 5.61. The van der Waals surface area contributed by atoms with Crippen LogP contribution in [0.2, 0.25) is 10.0 Å². The van der Waals surface area contributed by atoms with Crippen LogP contribution in [-0.4, -0.2) is 27.5 Å². The van der Waals surface area contributed by atoms with E-state index < -0.39 is 22.0 Å². The van der Waals surface area contributed by atoms with Crippen LogP contribution in [0.5, 0.6) is 5.75 Å². The standard InChI is InChI=1S/C17H18Cl2N2O4S/c1-10-4-7-15(25-3)16(8-10)26(23,24)21-11(2)17(22)20-14-9-12(18)5-6-13(14)19/h4-9,11,21H,1-3H3,(H,20,22)/t11-/m1/s1. The van der Waals surface area contributed by atoms with Crippen LogP contribution in [0.3, 0.4) is 0 Å². The Bertz CT molecular complexity index is 932. The lowest BCUT2D eigenvalue weighted by Gasteiger charge is -2.17. The molecule has 0 radical (unpaired) electrons. The molecule has 2 rings (SSSR count). The van der Waals surface area contributed by atoms with Crippen LogP contribution < -0.4 is 14.8 Å². The molecule has 1 amide bonds. The molecular weight excluding hydrogens is 399 g/mol. The monoisotopic (exact) mass is 416 g/mol. The lowest BCUT2D eigenvalue weighted by Crippen LogP contribution is -2.41. The Morgan fingerprint density at radius 2 is 1.85 bits per heavy atom. The fraction of sp³-hybridized carbons (Fsp3) is 0.235. The summed E-state index contributed by atoms with van der Waals surface area (Å²) in [5, 5.41) is 3.23. The SMILES string of the molecule is COc1ccc(C)cc1S(=O)(=O)N[C@H](C)C(=O)Nc1cc(Cl)ccc1Cl. The molecule has 0 aliphatic rings. The highest BCUT2D eigenvalue weighted by molar-refractivity contribution is 7.89. The van der Waals surface area contributed by atoms with Crippen LogP contribution in [0.1, 0.15) is 12.5 Å². The van der Waals surface area contributed by atoms with Crippen LogP contribution >= 0.6 is 23.2 Å². The molecule has 2 N–H and O–H groups in total. The van der Waals surface area contributed by atoms with Crippen LogP contribution in [0.25, 0.3) is 0 Å².